The Balaban J connectivity index is 2.13. The van der Waals surface area contributed by atoms with E-state index < -0.39 is 0 Å². The van der Waals surface area contributed by atoms with Crippen molar-refractivity contribution >= 4 is 21.8 Å². The number of aliphatic hydroxyl groups excluding tert-OH is 1. The van der Waals surface area contributed by atoms with Gasteiger partial charge in [-0.3, -0.25) is 4.79 Å². The van der Waals surface area contributed by atoms with Gasteiger partial charge in [-0.25, -0.2) is 0 Å². The fraction of sp³-hybridized carbons (Fsp3) is 0.533. The first-order chi connectivity index (χ1) is 10.0. The second kappa shape index (κ2) is 6.66. The van der Waals surface area contributed by atoms with E-state index in [-0.39, 0.29) is 17.9 Å². The van der Waals surface area contributed by atoms with Gasteiger partial charge in [-0.15, -0.1) is 0 Å². The smallest absolute Gasteiger partial charge is 0.255 e. The third-order valence-corrected chi connectivity index (χ3v) is 4.51. The Morgan fingerprint density at radius 2 is 2.10 bits per heavy atom. The molecule has 1 aliphatic carbocycles. The van der Waals surface area contributed by atoms with Crippen molar-refractivity contribution in [3.05, 3.63) is 22.2 Å². The zero-order valence-corrected chi connectivity index (χ0v) is 13.8. The van der Waals surface area contributed by atoms with Gasteiger partial charge >= 0.3 is 0 Å². The van der Waals surface area contributed by atoms with Crippen LogP contribution < -0.4 is 14.8 Å². The Hall–Kier alpha value is -1.27. The number of amides is 1. The predicted molar refractivity (Wildman–Crippen MR) is 82.9 cm³/mol. The molecule has 0 heterocycles. The van der Waals surface area contributed by atoms with Crippen molar-refractivity contribution < 1.29 is 19.4 Å². The monoisotopic (exact) mass is 357 g/mol. The molecule has 0 aromatic heterocycles. The topological polar surface area (TPSA) is 67.8 Å². The highest BCUT2D eigenvalue weighted by molar-refractivity contribution is 9.10. The highest BCUT2D eigenvalue weighted by atomic mass is 79.9. The fourth-order valence-corrected chi connectivity index (χ4v) is 2.96. The van der Waals surface area contributed by atoms with Crippen LogP contribution in [0.5, 0.6) is 11.5 Å². The number of benzene rings is 1. The summed E-state index contributed by atoms with van der Waals surface area (Å²) in [5.74, 6) is 0.875. The van der Waals surface area contributed by atoms with Gasteiger partial charge in [0.05, 0.1) is 24.3 Å². The summed E-state index contributed by atoms with van der Waals surface area (Å²) in [7, 11) is 3.08. The van der Waals surface area contributed by atoms with Crippen LogP contribution in [-0.2, 0) is 0 Å². The summed E-state index contributed by atoms with van der Waals surface area (Å²) >= 11 is 3.38. The van der Waals surface area contributed by atoms with E-state index in [9.17, 15) is 4.79 Å². The minimum atomic E-state index is -0.198. The summed E-state index contributed by atoms with van der Waals surface area (Å²) in [6.45, 7) is 0.730. The fourth-order valence-electron chi connectivity index (χ4n) is 2.35. The summed E-state index contributed by atoms with van der Waals surface area (Å²) in [5.41, 5.74) is 0.511. The molecule has 1 aromatic rings. The van der Waals surface area contributed by atoms with Gasteiger partial charge in [-0.2, -0.15) is 0 Å². The molecule has 1 fully saturated rings. The maximum Gasteiger partial charge on any atom is 0.255 e. The lowest BCUT2D eigenvalue weighted by Crippen LogP contribution is -2.31. The highest BCUT2D eigenvalue weighted by Gasteiger charge is 2.42. The van der Waals surface area contributed by atoms with E-state index in [4.69, 9.17) is 14.6 Å². The molecule has 1 aromatic carbocycles. The lowest BCUT2D eigenvalue weighted by atomic mass is 10.0. The number of halogens is 1. The molecule has 21 heavy (non-hydrogen) atoms. The Bertz CT molecular complexity index is 529. The van der Waals surface area contributed by atoms with Crippen molar-refractivity contribution in [2.75, 3.05) is 27.4 Å². The van der Waals surface area contributed by atoms with E-state index in [1.165, 1.54) is 7.11 Å². The zero-order chi connectivity index (χ0) is 15.5. The summed E-state index contributed by atoms with van der Waals surface area (Å²) in [6.07, 6.45) is 2.83. The van der Waals surface area contributed by atoms with E-state index >= 15 is 0 Å². The van der Waals surface area contributed by atoms with Crippen LogP contribution >= 0.6 is 15.9 Å². The summed E-state index contributed by atoms with van der Waals surface area (Å²) < 4.78 is 11.1. The van der Waals surface area contributed by atoms with Crippen molar-refractivity contribution in [2.24, 2.45) is 5.41 Å². The standard InChI is InChI=1S/C15H20BrNO4/c1-20-10-7-11(13(21-2)12(16)8-10)14(19)17-9-15(3-4-15)5-6-18/h7-8,18H,3-6,9H2,1-2H3,(H,17,19). The first-order valence-corrected chi connectivity index (χ1v) is 7.65. The second-order valence-corrected chi connectivity index (χ2v) is 6.20. The Morgan fingerprint density at radius 1 is 1.38 bits per heavy atom. The van der Waals surface area contributed by atoms with Gasteiger partial charge in [0.1, 0.15) is 11.5 Å². The maximum absolute atomic E-state index is 12.4. The largest absolute Gasteiger partial charge is 0.497 e. The van der Waals surface area contributed by atoms with Crippen LogP contribution in [0.25, 0.3) is 0 Å². The van der Waals surface area contributed by atoms with Crippen LogP contribution in [0.15, 0.2) is 16.6 Å². The SMILES string of the molecule is COc1cc(Br)c(OC)c(C(=O)NCC2(CCO)CC2)c1. The minimum Gasteiger partial charge on any atom is -0.497 e. The number of carbonyl (C=O) groups excluding carboxylic acids is 1. The van der Waals surface area contributed by atoms with E-state index in [2.05, 4.69) is 21.2 Å². The maximum atomic E-state index is 12.4. The van der Waals surface area contributed by atoms with Gasteiger partial charge in [0.15, 0.2) is 0 Å². The van der Waals surface area contributed by atoms with E-state index in [1.807, 2.05) is 0 Å². The highest BCUT2D eigenvalue weighted by Crippen LogP contribution is 2.48. The molecular formula is C15H20BrNO4. The number of ether oxygens (including phenoxy) is 2. The molecule has 1 aliphatic rings. The van der Waals surface area contributed by atoms with Gasteiger partial charge in [-0.1, -0.05) is 0 Å². The number of rotatable bonds is 7. The van der Waals surface area contributed by atoms with Crippen molar-refractivity contribution in [2.45, 2.75) is 19.3 Å². The van der Waals surface area contributed by atoms with Crippen molar-refractivity contribution in [1.82, 2.24) is 5.32 Å². The third kappa shape index (κ3) is 3.68. The Kier molecular flexibility index (Phi) is 5.11. The number of hydrogen-bond donors (Lipinski definition) is 2. The number of nitrogens with one attached hydrogen (secondary N) is 1. The molecule has 2 N–H and O–H groups in total. The normalized spacial score (nSPS) is 15.4. The number of carbonyl (C=O) groups is 1. The summed E-state index contributed by atoms with van der Waals surface area (Å²) in [5, 5.41) is 12.0. The molecule has 6 heteroatoms. The molecule has 0 aliphatic heterocycles. The number of aliphatic hydroxyl groups is 1. The van der Waals surface area contributed by atoms with Crippen LogP contribution in [0.2, 0.25) is 0 Å². The van der Waals surface area contributed by atoms with Crippen LogP contribution in [0, 0.1) is 5.41 Å². The first-order valence-electron chi connectivity index (χ1n) is 6.86. The van der Waals surface area contributed by atoms with E-state index in [0.29, 0.717) is 28.1 Å². The molecule has 0 unspecified atom stereocenters. The second-order valence-electron chi connectivity index (χ2n) is 5.35. The van der Waals surface area contributed by atoms with E-state index in [1.54, 1.807) is 19.2 Å². The van der Waals surface area contributed by atoms with Gasteiger partial charge in [0, 0.05) is 13.2 Å². The van der Waals surface area contributed by atoms with Crippen LogP contribution in [0.4, 0.5) is 0 Å². The molecule has 0 radical (unpaired) electrons. The van der Waals surface area contributed by atoms with Crippen molar-refractivity contribution in [3.8, 4) is 11.5 Å². The lowest BCUT2D eigenvalue weighted by Gasteiger charge is -2.16. The van der Waals surface area contributed by atoms with Crippen molar-refractivity contribution in [3.63, 3.8) is 0 Å². The first kappa shape index (κ1) is 16.1. The minimum absolute atomic E-state index is 0.0771. The van der Waals surface area contributed by atoms with Gasteiger partial charge in [-0.05, 0) is 52.7 Å². The zero-order valence-electron chi connectivity index (χ0n) is 12.2. The predicted octanol–water partition coefficient (Wildman–Crippen LogP) is 2.36. The molecule has 0 saturated heterocycles. The number of hydrogen-bond acceptors (Lipinski definition) is 4. The molecule has 1 amide bonds. The molecule has 1 saturated carbocycles. The Labute approximate surface area is 132 Å². The molecule has 116 valence electrons. The molecule has 0 bridgehead atoms. The Morgan fingerprint density at radius 3 is 2.62 bits per heavy atom. The van der Waals surface area contributed by atoms with Gasteiger partial charge < -0.3 is 19.9 Å². The van der Waals surface area contributed by atoms with Crippen LogP contribution in [0.1, 0.15) is 29.6 Å². The van der Waals surface area contributed by atoms with Gasteiger partial charge in [0.25, 0.3) is 5.91 Å². The molecule has 0 atom stereocenters. The molecule has 2 rings (SSSR count). The quantitative estimate of drug-likeness (QED) is 0.785. The average molecular weight is 358 g/mol. The van der Waals surface area contributed by atoms with Gasteiger partial charge in [0.2, 0.25) is 0 Å². The number of methoxy groups -OCH3 is 2. The molecular weight excluding hydrogens is 338 g/mol. The molecule has 5 nitrogen and oxygen atoms in total. The van der Waals surface area contributed by atoms with Crippen molar-refractivity contribution in [1.29, 1.82) is 0 Å². The van der Waals surface area contributed by atoms with E-state index in [0.717, 1.165) is 19.3 Å². The lowest BCUT2D eigenvalue weighted by molar-refractivity contribution is 0.0937. The average Bonchev–Trinajstić information content (AvgIpc) is 3.24. The van der Waals surface area contributed by atoms with Crippen LogP contribution in [-0.4, -0.2) is 38.4 Å². The molecule has 0 spiro atoms. The van der Waals surface area contributed by atoms with Crippen LogP contribution in [0.3, 0.4) is 0 Å². The third-order valence-electron chi connectivity index (χ3n) is 3.92. The summed E-state index contributed by atoms with van der Waals surface area (Å²) in [6, 6.07) is 3.41. The summed E-state index contributed by atoms with van der Waals surface area (Å²) in [4.78, 5) is 12.4.